The lowest BCUT2D eigenvalue weighted by Crippen LogP contribution is -2.09. The number of benzene rings is 10. The Morgan fingerprint density at radius 3 is 1.45 bits per heavy atom. The first-order chi connectivity index (χ1) is 31.7. The SMILES string of the molecule is c1ccc(-c2ccc(N(c3ccc(-c4ccccc4)cc3)c3ccc(-c4cc(-c5cccc6c5sc5ccccc56)c5oc6ccc7oc8ccccc8c7c6c5c4)cc3)cc2)cc1. The lowest BCUT2D eigenvalue weighted by atomic mass is 9.94. The monoisotopic (exact) mass is 835 g/mol. The van der Waals surface area contributed by atoms with Crippen LogP contribution in [-0.2, 0) is 0 Å². The lowest BCUT2D eigenvalue weighted by molar-refractivity contribution is 0.663. The molecule has 0 bridgehead atoms. The molecule has 0 aliphatic heterocycles. The third-order valence-corrected chi connectivity index (χ3v) is 13.9. The molecule has 3 aromatic heterocycles. The summed E-state index contributed by atoms with van der Waals surface area (Å²) in [5.74, 6) is 0. The van der Waals surface area contributed by atoms with Gasteiger partial charge in [0.05, 0.1) is 0 Å². The van der Waals surface area contributed by atoms with Gasteiger partial charge in [0.25, 0.3) is 0 Å². The molecule has 0 aliphatic rings. The largest absolute Gasteiger partial charge is 0.456 e. The molecular formula is C60H37NO2S. The molecule has 13 aromatic rings. The number of para-hydroxylation sites is 1. The number of rotatable bonds is 7. The Hall–Kier alpha value is -8.18. The van der Waals surface area contributed by atoms with E-state index in [0.717, 1.165) is 77.6 Å². The maximum atomic E-state index is 6.96. The van der Waals surface area contributed by atoms with E-state index in [1.54, 1.807) is 0 Å². The first-order valence-corrected chi connectivity index (χ1v) is 22.5. The van der Waals surface area contributed by atoms with E-state index < -0.39 is 0 Å². The summed E-state index contributed by atoms with van der Waals surface area (Å²) in [7, 11) is 0. The smallest absolute Gasteiger partial charge is 0.143 e. The van der Waals surface area contributed by atoms with Gasteiger partial charge in [0, 0.05) is 69.9 Å². The van der Waals surface area contributed by atoms with E-state index in [4.69, 9.17) is 8.83 Å². The summed E-state index contributed by atoms with van der Waals surface area (Å²) in [6, 6.07) is 80.3. The molecule has 0 radical (unpaired) electrons. The number of thiophene rings is 1. The quantitative estimate of drug-likeness (QED) is 0.160. The zero-order valence-corrected chi connectivity index (χ0v) is 35.4. The highest BCUT2D eigenvalue weighted by Crippen LogP contribution is 2.48. The first kappa shape index (κ1) is 36.5. The Labute approximate surface area is 373 Å². The third kappa shape index (κ3) is 5.95. The van der Waals surface area contributed by atoms with Gasteiger partial charge >= 0.3 is 0 Å². The Balaban J connectivity index is 0.988. The summed E-state index contributed by atoms with van der Waals surface area (Å²) < 4.78 is 15.9. The van der Waals surface area contributed by atoms with Crippen molar-refractivity contribution in [1.29, 1.82) is 0 Å². The van der Waals surface area contributed by atoms with Crippen LogP contribution in [0.1, 0.15) is 0 Å². The number of anilines is 3. The van der Waals surface area contributed by atoms with Crippen molar-refractivity contribution in [3.8, 4) is 44.5 Å². The Morgan fingerprint density at radius 1 is 0.312 bits per heavy atom. The molecule has 10 aromatic carbocycles. The van der Waals surface area contributed by atoms with Crippen LogP contribution >= 0.6 is 11.3 Å². The zero-order chi connectivity index (χ0) is 42.1. The molecule has 0 N–H and O–H groups in total. The summed E-state index contributed by atoms with van der Waals surface area (Å²) in [6.45, 7) is 0. The van der Waals surface area contributed by atoms with Gasteiger partial charge in [-0.05, 0) is 106 Å². The van der Waals surface area contributed by atoms with Gasteiger partial charge < -0.3 is 13.7 Å². The van der Waals surface area contributed by atoms with Crippen LogP contribution in [-0.4, -0.2) is 0 Å². The van der Waals surface area contributed by atoms with E-state index >= 15 is 0 Å². The van der Waals surface area contributed by atoms with E-state index in [9.17, 15) is 0 Å². The predicted octanol–water partition coefficient (Wildman–Crippen LogP) is 18.0. The molecule has 0 atom stereocenters. The number of nitrogens with zero attached hydrogens (tertiary/aromatic N) is 1. The van der Waals surface area contributed by atoms with Gasteiger partial charge in [0.2, 0.25) is 0 Å². The summed E-state index contributed by atoms with van der Waals surface area (Å²) in [4.78, 5) is 2.34. The van der Waals surface area contributed by atoms with E-state index in [1.165, 1.54) is 48.0 Å². The van der Waals surface area contributed by atoms with Gasteiger partial charge in [0.1, 0.15) is 22.3 Å². The van der Waals surface area contributed by atoms with Crippen LogP contribution in [0.5, 0.6) is 0 Å². The molecule has 3 heterocycles. The van der Waals surface area contributed by atoms with Crippen LogP contribution in [0.3, 0.4) is 0 Å². The highest BCUT2D eigenvalue weighted by Gasteiger charge is 2.22. The second-order valence-corrected chi connectivity index (χ2v) is 17.5. The van der Waals surface area contributed by atoms with Crippen molar-refractivity contribution in [3.05, 3.63) is 224 Å². The fourth-order valence-electron chi connectivity index (χ4n) is 9.63. The van der Waals surface area contributed by atoms with Crippen LogP contribution < -0.4 is 4.90 Å². The van der Waals surface area contributed by atoms with Crippen LogP contribution in [0.4, 0.5) is 17.1 Å². The second-order valence-electron chi connectivity index (χ2n) is 16.4. The predicted molar refractivity (Wildman–Crippen MR) is 270 cm³/mol. The van der Waals surface area contributed by atoms with Crippen molar-refractivity contribution in [2.45, 2.75) is 0 Å². The number of hydrogen-bond donors (Lipinski definition) is 0. The molecular weight excluding hydrogens is 799 g/mol. The third-order valence-electron chi connectivity index (χ3n) is 12.7. The maximum absolute atomic E-state index is 6.96. The van der Waals surface area contributed by atoms with Crippen molar-refractivity contribution in [2.24, 2.45) is 0 Å². The summed E-state index contributed by atoms with van der Waals surface area (Å²) in [5, 5.41) is 6.84. The van der Waals surface area contributed by atoms with Crippen LogP contribution in [0.2, 0.25) is 0 Å². The van der Waals surface area contributed by atoms with Crippen LogP contribution in [0, 0.1) is 0 Å². The summed E-state index contributed by atoms with van der Waals surface area (Å²) in [5.41, 5.74) is 15.9. The molecule has 0 saturated heterocycles. The van der Waals surface area contributed by atoms with Gasteiger partial charge in [-0.3, -0.25) is 0 Å². The minimum Gasteiger partial charge on any atom is -0.456 e. The normalized spacial score (nSPS) is 11.8. The van der Waals surface area contributed by atoms with E-state index in [0.29, 0.717) is 0 Å². The van der Waals surface area contributed by atoms with Crippen molar-refractivity contribution in [3.63, 3.8) is 0 Å². The van der Waals surface area contributed by atoms with Crippen molar-refractivity contribution in [1.82, 2.24) is 0 Å². The summed E-state index contributed by atoms with van der Waals surface area (Å²) >= 11 is 1.84. The highest BCUT2D eigenvalue weighted by atomic mass is 32.1. The Kier molecular flexibility index (Phi) is 8.40. The molecule has 0 spiro atoms. The topological polar surface area (TPSA) is 29.5 Å². The van der Waals surface area contributed by atoms with Gasteiger partial charge in [0.15, 0.2) is 0 Å². The van der Waals surface area contributed by atoms with E-state index in [1.807, 2.05) is 29.5 Å². The second kappa shape index (κ2) is 14.7. The number of furan rings is 2. The molecule has 3 nitrogen and oxygen atoms in total. The summed E-state index contributed by atoms with van der Waals surface area (Å²) in [6.07, 6.45) is 0. The van der Waals surface area contributed by atoms with Gasteiger partial charge in [-0.25, -0.2) is 0 Å². The fraction of sp³-hybridized carbons (Fsp3) is 0. The van der Waals surface area contributed by atoms with Crippen LogP contribution in [0.15, 0.2) is 233 Å². The fourth-order valence-corrected chi connectivity index (χ4v) is 10.9. The van der Waals surface area contributed by atoms with E-state index in [-0.39, 0.29) is 0 Å². The average Bonchev–Trinajstić information content (AvgIpc) is 4.06. The Bertz CT molecular complexity index is 3780. The Morgan fingerprint density at radius 2 is 0.812 bits per heavy atom. The van der Waals surface area contributed by atoms with Gasteiger partial charge in [-0.1, -0.05) is 152 Å². The number of fused-ring (bicyclic) bond motifs is 10. The number of hydrogen-bond acceptors (Lipinski definition) is 4. The highest BCUT2D eigenvalue weighted by molar-refractivity contribution is 7.26. The minimum absolute atomic E-state index is 0.846. The van der Waals surface area contributed by atoms with Gasteiger partial charge in [-0.2, -0.15) is 0 Å². The average molecular weight is 836 g/mol. The zero-order valence-electron chi connectivity index (χ0n) is 34.5. The molecule has 300 valence electrons. The standard InChI is InChI=1S/C60H37NO2S/c1-3-12-38(13-4-1)40-22-28-44(29-23-40)61(45-30-24-41(25-31-45)39-14-5-2-6-15-39)46-32-26-42(27-33-46)43-36-51(49-19-11-18-48-47-16-8-10-21-56(47)64-60(48)49)59-52(37-43)58-55(63-59)35-34-54-57(58)50-17-7-9-20-53(50)62-54/h1-37H. The van der Waals surface area contributed by atoms with Crippen molar-refractivity contribution >= 4 is 92.4 Å². The van der Waals surface area contributed by atoms with Crippen molar-refractivity contribution in [2.75, 3.05) is 4.90 Å². The lowest BCUT2D eigenvalue weighted by Gasteiger charge is -2.26. The molecule has 0 unspecified atom stereocenters. The molecule has 0 amide bonds. The molecule has 0 saturated carbocycles. The molecule has 0 aliphatic carbocycles. The molecule has 13 rings (SSSR count). The van der Waals surface area contributed by atoms with Gasteiger partial charge in [-0.15, -0.1) is 11.3 Å². The minimum atomic E-state index is 0.846. The molecule has 0 fully saturated rings. The molecule has 64 heavy (non-hydrogen) atoms. The maximum Gasteiger partial charge on any atom is 0.143 e. The van der Waals surface area contributed by atoms with E-state index in [2.05, 4.69) is 211 Å². The molecule has 4 heteroatoms. The van der Waals surface area contributed by atoms with Crippen LogP contribution in [0.25, 0.3) is 109 Å². The first-order valence-electron chi connectivity index (χ1n) is 21.6. The van der Waals surface area contributed by atoms with Crippen molar-refractivity contribution < 1.29 is 8.83 Å².